The van der Waals surface area contributed by atoms with Gasteiger partial charge in [0.25, 0.3) is 0 Å². The van der Waals surface area contributed by atoms with E-state index in [0.717, 1.165) is 31.1 Å². The molecule has 0 saturated heterocycles. The molecule has 1 heterocycles. The monoisotopic (exact) mass is 204 g/mol. The van der Waals surface area contributed by atoms with Gasteiger partial charge in [0.15, 0.2) is 0 Å². The minimum Gasteiger partial charge on any atom is -0.497 e. The van der Waals surface area contributed by atoms with Crippen molar-refractivity contribution in [2.45, 2.75) is 19.4 Å². The fraction of sp³-hybridized carbons (Fsp3) is 0.417. The second kappa shape index (κ2) is 4.82. The molecular formula is C12H16N2O. The van der Waals surface area contributed by atoms with E-state index in [9.17, 15) is 0 Å². The van der Waals surface area contributed by atoms with Crippen LogP contribution in [0.3, 0.4) is 0 Å². The molecule has 80 valence electrons. The molecule has 1 aromatic rings. The molecule has 0 bridgehead atoms. The van der Waals surface area contributed by atoms with Gasteiger partial charge in [-0.25, -0.2) is 0 Å². The highest BCUT2D eigenvalue weighted by atomic mass is 16.5. The maximum absolute atomic E-state index is 5.10. The SMILES string of the molecule is COc1ccc(CNC2=NCCC2)cc1. The van der Waals surface area contributed by atoms with Crippen LogP contribution in [0, 0.1) is 0 Å². The summed E-state index contributed by atoms with van der Waals surface area (Å²) in [5.41, 5.74) is 1.26. The van der Waals surface area contributed by atoms with E-state index in [1.54, 1.807) is 7.11 Å². The van der Waals surface area contributed by atoms with Crippen LogP contribution in [0.4, 0.5) is 0 Å². The molecule has 3 nitrogen and oxygen atoms in total. The Morgan fingerprint density at radius 1 is 1.33 bits per heavy atom. The second-order valence-electron chi connectivity index (χ2n) is 3.63. The molecule has 0 aliphatic carbocycles. The molecule has 3 heteroatoms. The maximum atomic E-state index is 5.10. The van der Waals surface area contributed by atoms with Crippen molar-refractivity contribution in [3.8, 4) is 5.75 Å². The molecule has 0 fully saturated rings. The molecule has 0 saturated carbocycles. The molecule has 0 unspecified atom stereocenters. The topological polar surface area (TPSA) is 33.6 Å². The van der Waals surface area contributed by atoms with Gasteiger partial charge in [0, 0.05) is 19.5 Å². The van der Waals surface area contributed by atoms with Crippen molar-refractivity contribution in [2.75, 3.05) is 13.7 Å². The number of hydrogen-bond donors (Lipinski definition) is 1. The summed E-state index contributed by atoms with van der Waals surface area (Å²) >= 11 is 0. The fourth-order valence-electron chi connectivity index (χ4n) is 1.63. The minimum atomic E-state index is 0.850. The van der Waals surface area contributed by atoms with Crippen LogP contribution in [-0.4, -0.2) is 19.5 Å². The van der Waals surface area contributed by atoms with Crippen molar-refractivity contribution in [1.82, 2.24) is 5.32 Å². The van der Waals surface area contributed by atoms with E-state index in [1.165, 1.54) is 12.0 Å². The molecule has 2 rings (SSSR count). The van der Waals surface area contributed by atoms with Crippen LogP contribution >= 0.6 is 0 Å². The van der Waals surface area contributed by atoms with Crippen molar-refractivity contribution in [1.29, 1.82) is 0 Å². The highest BCUT2D eigenvalue weighted by molar-refractivity contribution is 5.83. The van der Waals surface area contributed by atoms with E-state index >= 15 is 0 Å². The van der Waals surface area contributed by atoms with Gasteiger partial charge in [-0.15, -0.1) is 0 Å². The van der Waals surface area contributed by atoms with Gasteiger partial charge >= 0.3 is 0 Å². The van der Waals surface area contributed by atoms with E-state index in [1.807, 2.05) is 12.1 Å². The van der Waals surface area contributed by atoms with Crippen LogP contribution in [0.1, 0.15) is 18.4 Å². The van der Waals surface area contributed by atoms with Crippen molar-refractivity contribution in [3.63, 3.8) is 0 Å². The Kier molecular flexibility index (Phi) is 3.22. The van der Waals surface area contributed by atoms with Crippen LogP contribution in [-0.2, 0) is 6.54 Å². The summed E-state index contributed by atoms with van der Waals surface area (Å²) in [5.74, 6) is 2.04. The quantitative estimate of drug-likeness (QED) is 0.816. The van der Waals surface area contributed by atoms with Crippen LogP contribution in [0.15, 0.2) is 29.3 Å². The first kappa shape index (κ1) is 10.0. The Hall–Kier alpha value is -1.51. The van der Waals surface area contributed by atoms with E-state index in [4.69, 9.17) is 4.74 Å². The van der Waals surface area contributed by atoms with E-state index in [0.29, 0.717) is 0 Å². The van der Waals surface area contributed by atoms with Crippen LogP contribution in [0.2, 0.25) is 0 Å². The Morgan fingerprint density at radius 3 is 2.73 bits per heavy atom. The molecular weight excluding hydrogens is 188 g/mol. The number of benzene rings is 1. The number of ether oxygens (including phenoxy) is 1. The highest BCUT2D eigenvalue weighted by Crippen LogP contribution is 2.11. The number of rotatable bonds is 3. The van der Waals surface area contributed by atoms with Crippen LogP contribution in [0.25, 0.3) is 0 Å². The smallest absolute Gasteiger partial charge is 0.118 e. The molecule has 0 aromatic heterocycles. The maximum Gasteiger partial charge on any atom is 0.118 e. The lowest BCUT2D eigenvalue weighted by Gasteiger charge is -2.06. The van der Waals surface area contributed by atoms with Crippen LogP contribution < -0.4 is 10.1 Å². The summed E-state index contributed by atoms with van der Waals surface area (Å²) in [6.45, 7) is 1.83. The second-order valence-corrected chi connectivity index (χ2v) is 3.63. The predicted octanol–water partition coefficient (Wildman–Crippen LogP) is 1.98. The lowest BCUT2D eigenvalue weighted by atomic mass is 10.2. The third kappa shape index (κ3) is 2.72. The zero-order valence-electron chi connectivity index (χ0n) is 8.99. The molecule has 0 radical (unpaired) electrons. The van der Waals surface area contributed by atoms with Gasteiger partial charge in [0.1, 0.15) is 5.75 Å². The molecule has 15 heavy (non-hydrogen) atoms. The van der Waals surface area contributed by atoms with E-state index in [2.05, 4.69) is 22.4 Å². The number of amidine groups is 1. The standard InChI is InChI=1S/C12H16N2O/c1-15-11-6-4-10(5-7-11)9-14-12-3-2-8-13-12/h4-7H,2-3,8-9H2,1H3,(H,13,14). The van der Waals surface area contributed by atoms with Gasteiger partial charge in [-0.3, -0.25) is 4.99 Å². The van der Waals surface area contributed by atoms with Gasteiger partial charge in [-0.1, -0.05) is 12.1 Å². The molecule has 0 amide bonds. The molecule has 1 N–H and O–H groups in total. The Balaban J connectivity index is 1.87. The zero-order valence-corrected chi connectivity index (χ0v) is 8.99. The first-order valence-corrected chi connectivity index (χ1v) is 5.28. The van der Waals surface area contributed by atoms with E-state index in [-0.39, 0.29) is 0 Å². The van der Waals surface area contributed by atoms with Gasteiger partial charge < -0.3 is 10.1 Å². The molecule has 1 aromatic carbocycles. The average Bonchev–Trinajstić information content (AvgIpc) is 2.80. The first-order chi connectivity index (χ1) is 7.38. The van der Waals surface area contributed by atoms with Gasteiger partial charge in [-0.05, 0) is 24.1 Å². The summed E-state index contributed by atoms with van der Waals surface area (Å²) in [6, 6.07) is 8.10. The molecule has 0 atom stereocenters. The molecule has 1 aliphatic rings. The number of aliphatic imine (C=N–C) groups is 1. The Bertz CT molecular complexity index is 343. The van der Waals surface area contributed by atoms with Gasteiger partial charge in [0.2, 0.25) is 0 Å². The predicted molar refractivity (Wildman–Crippen MR) is 61.4 cm³/mol. The Morgan fingerprint density at radius 2 is 2.13 bits per heavy atom. The van der Waals surface area contributed by atoms with E-state index < -0.39 is 0 Å². The van der Waals surface area contributed by atoms with Crippen molar-refractivity contribution < 1.29 is 4.74 Å². The summed E-state index contributed by atoms with van der Waals surface area (Å²) in [4.78, 5) is 4.37. The highest BCUT2D eigenvalue weighted by Gasteiger charge is 2.04. The molecule has 0 spiro atoms. The number of nitrogens with zero attached hydrogens (tertiary/aromatic N) is 1. The lowest BCUT2D eigenvalue weighted by Crippen LogP contribution is -2.20. The third-order valence-electron chi connectivity index (χ3n) is 2.53. The van der Waals surface area contributed by atoms with Crippen molar-refractivity contribution in [2.24, 2.45) is 4.99 Å². The normalized spacial score (nSPS) is 14.9. The lowest BCUT2D eigenvalue weighted by molar-refractivity contribution is 0.414. The fourth-order valence-corrected chi connectivity index (χ4v) is 1.63. The third-order valence-corrected chi connectivity index (χ3v) is 2.53. The number of methoxy groups -OCH3 is 1. The van der Waals surface area contributed by atoms with Crippen LogP contribution in [0.5, 0.6) is 5.75 Å². The summed E-state index contributed by atoms with van der Waals surface area (Å²) < 4.78 is 5.10. The number of hydrogen-bond acceptors (Lipinski definition) is 3. The van der Waals surface area contributed by atoms with Gasteiger partial charge in [-0.2, -0.15) is 0 Å². The minimum absolute atomic E-state index is 0.850. The first-order valence-electron chi connectivity index (χ1n) is 5.28. The largest absolute Gasteiger partial charge is 0.497 e. The summed E-state index contributed by atoms with van der Waals surface area (Å²) in [5, 5.41) is 3.34. The van der Waals surface area contributed by atoms with Gasteiger partial charge in [0.05, 0.1) is 12.9 Å². The average molecular weight is 204 g/mol. The summed E-state index contributed by atoms with van der Waals surface area (Å²) in [6.07, 6.45) is 2.28. The van der Waals surface area contributed by atoms with Crippen molar-refractivity contribution >= 4 is 5.84 Å². The zero-order chi connectivity index (χ0) is 10.5. The summed E-state index contributed by atoms with van der Waals surface area (Å²) in [7, 11) is 1.68. The Labute approximate surface area is 90.2 Å². The molecule has 1 aliphatic heterocycles. The van der Waals surface area contributed by atoms with Crippen molar-refractivity contribution in [3.05, 3.63) is 29.8 Å². The number of nitrogens with one attached hydrogen (secondary N) is 1.